The maximum atomic E-state index is 5.52. The van der Waals surface area contributed by atoms with E-state index < -0.39 is 0 Å². The highest BCUT2D eigenvalue weighted by Gasteiger charge is 2.22. The van der Waals surface area contributed by atoms with E-state index >= 15 is 0 Å². The number of hydrogen-bond acceptors (Lipinski definition) is 4. The van der Waals surface area contributed by atoms with Crippen molar-refractivity contribution in [2.75, 3.05) is 26.2 Å². The molecule has 1 aliphatic heterocycles. The van der Waals surface area contributed by atoms with E-state index in [0.29, 0.717) is 10.3 Å². The molecule has 6 heteroatoms. The molecular weight excluding hydrogens is 268 g/mol. The maximum Gasteiger partial charge on any atom is 0.259 e. The monoisotopic (exact) mass is 290 g/mol. The van der Waals surface area contributed by atoms with E-state index in [1.54, 1.807) is 0 Å². The van der Waals surface area contributed by atoms with Gasteiger partial charge in [-0.15, -0.1) is 0 Å². The second-order valence-electron chi connectivity index (χ2n) is 4.84. The normalized spacial score (nSPS) is 16.1. The molecule has 0 atom stereocenters. The Bertz CT molecular complexity index is 270. The first-order chi connectivity index (χ1) is 8.40. The van der Waals surface area contributed by atoms with Gasteiger partial charge in [0.05, 0.1) is 12.2 Å². The summed E-state index contributed by atoms with van der Waals surface area (Å²) in [6, 6.07) is 0. The van der Waals surface area contributed by atoms with Crippen molar-refractivity contribution in [1.82, 2.24) is 9.80 Å². The van der Waals surface area contributed by atoms with Crippen LogP contribution < -0.4 is 0 Å². The smallest absolute Gasteiger partial charge is 0.259 e. The van der Waals surface area contributed by atoms with Gasteiger partial charge in [0.2, 0.25) is 0 Å². The van der Waals surface area contributed by atoms with Crippen molar-refractivity contribution in [3.05, 3.63) is 0 Å². The molecule has 18 heavy (non-hydrogen) atoms. The van der Waals surface area contributed by atoms with Crippen molar-refractivity contribution in [3.63, 3.8) is 0 Å². The fraction of sp³-hybridized carbons (Fsp3) is 0.833. The second kappa shape index (κ2) is 7.09. The van der Waals surface area contributed by atoms with Gasteiger partial charge in [0.15, 0.2) is 0 Å². The van der Waals surface area contributed by atoms with E-state index in [4.69, 9.17) is 33.9 Å². The molecule has 0 aromatic carbocycles. The van der Waals surface area contributed by atoms with Crippen LogP contribution in [-0.4, -0.2) is 58.5 Å². The van der Waals surface area contributed by atoms with Crippen molar-refractivity contribution in [2.24, 2.45) is 0 Å². The average Bonchev–Trinajstić information content (AvgIpc) is 2.27. The summed E-state index contributed by atoms with van der Waals surface area (Å²) in [4.78, 5) is 4.15. The van der Waals surface area contributed by atoms with Crippen molar-refractivity contribution in [3.8, 4) is 0 Å². The summed E-state index contributed by atoms with van der Waals surface area (Å²) in [6.45, 7) is 11.2. The Balaban J connectivity index is 2.36. The van der Waals surface area contributed by atoms with Crippen molar-refractivity contribution >= 4 is 34.8 Å². The molecule has 1 rings (SSSR count). The highest BCUT2D eigenvalue weighted by atomic mass is 32.1. The first kappa shape index (κ1) is 15.4. The molecule has 0 bridgehead atoms. The van der Waals surface area contributed by atoms with E-state index in [9.17, 15) is 0 Å². The minimum atomic E-state index is 0.126. The average molecular weight is 290 g/mol. The molecule has 1 fully saturated rings. The van der Waals surface area contributed by atoms with E-state index in [1.165, 1.54) is 0 Å². The Morgan fingerprint density at radius 3 is 1.28 bits per heavy atom. The lowest BCUT2D eigenvalue weighted by atomic mass is 10.3. The van der Waals surface area contributed by atoms with Crippen LogP contribution >= 0.6 is 24.4 Å². The summed E-state index contributed by atoms with van der Waals surface area (Å²) in [5.74, 6) is 0. The molecule has 0 spiro atoms. The molecule has 0 aromatic heterocycles. The zero-order chi connectivity index (χ0) is 13.7. The van der Waals surface area contributed by atoms with Gasteiger partial charge in [-0.25, -0.2) is 0 Å². The zero-order valence-corrected chi connectivity index (χ0v) is 13.1. The van der Waals surface area contributed by atoms with Gasteiger partial charge in [0.25, 0.3) is 10.3 Å². The summed E-state index contributed by atoms with van der Waals surface area (Å²) in [5.41, 5.74) is 0. The minimum absolute atomic E-state index is 0.126. The van der Waals surface area contributed by atoms with Gasteiger partial charge in [0, 0.05) is 26.2 Å². The third kappa shape index (κ3) is 4.94. The molecule has 0 saturated carbocycles. The van der Waals surface area contributed by atoms with Crippen molar-refractivity contribution in [1.29, 1.82) is 0 Å². The fourth-order valence-electron chi connectivity index (χ4n) is 1.62. The summed E-state index contributed by atoms with van der Waals surface area (Å²) in [6.07, 6.45) is 0.252. The zero-order valence-electron chi connectivity index (χ0n) is 11.5. The number of ether oxygens (including phenoxy) is 2. The van der Waals surface area contributed by atoms with Crippen LogP contribution in [0.25, 0.3) is 0 Å². The highest BCUT2D eigenvalue weighted by molar-refractivity contribution is 7.80. The lowest BCUT2D eigenvalue weighted by Crippen LogP contribution is -2.51. The molecule has 4 nitrogen and oxygen atoms in total. The molecule has 1 aliphatic rings. The van der Waals surface area contributed by atoms with Gasteiger partial charge in [0.1, 0.15) is 0 Å². The van der Waals surface area contributed by atoms with Gasteiger partial charge >= 0.3 is 0 Å². The summed E-state index contributed by atoms with van der Waals surface area (Å²) >= 11 is 10.5. The fourth-order valence-corrected chi connectivity index (χ4v) is 2.37. The quantitative estimate of drug-likeness (QED) is 0.722. The van der Waals surface area contributed by atoms with Crippen molar-refractivity contribution in [2.45, 2.75) is 39.9 Å². The lowest BCUT2D eigenvalue weighted by molar-refractivity contribution is 0.137. The Morgan fingerprint density at radius 2 is 1.06 bits per heavy atom. The molecule has 0 aliphatic carbocycles. The largest absolute Gasteiger partial charge is 0.468 e. The Hall–Kier alpha value is -0.620. The van der Waals surface area contributed by atoms with Crippen LogP contribution in [0.5, 0.6) is 0 Å². The van der Waals surface area contributed by atoms with Gasteiger partial charge < -0.3 is 19.3 Å². The van der Waals surface area contributed by atoms with E-state index in [1.807, 2.05) is 27.7 Å². The predicted octanol–water partition coefficient (Wildman–Crippen LogP) is 2.02. The van der Waals surface area contributed by atoms with E-state index in [-0.39, 0.29) is 12.2 Å². The molecule has 0 unspecified atom stereocenters. The van der Waals surface area contributed by atoms with Crippen LogP contribution in [-0.2, 0) is 9.47 Å². The summed E-state index contributed by atoms with van der Waals surface area (Å²) in [7, 11) is 0. The van der Waals surface area contributed by atoms with Crippen molar-refractivity contribution < 1.29 is 9.47 Å². The van der Waals surface area contributed by atoms with Gasteiger partial charge in [-0.1, -0.05) is 0 Å². The van der Waals surface area contributed by atoms with Crippen LogP contribution in [0.2, 0.25) is 0 Å². The standard InChI is InChI=1S/C12H22N2O2S2/c1-9(2)15-11(17)13-5-7-14(8-6-13)12(18)16-10(3)4/h9-10H,5-8H2,1-4H3. The number of piperazine rings is 1. The van der Waals surface area contributed by atoms with Crippen LogP contribution in [0.15, 0.2) is 0 Å². The molecule has 1 saturated heterocycles. The van der Waals surface area contributed by atoms with E-state index in [2.05, 4.69) is 9.80 Å². The molecular formula is C12H22N2O2S2. The topological polar surface area (TPSA) is 24.9 Å². The first-order valence-corrected chi connectivity index (χ1v) is 7.13. The Morgan fingerprint density at radius 1 is 0.778 bits per heavy atom. The number of hydrogen-bond donors (Lipinski definition) is 0. The number of rotatable bonds is 2. The lowest BCUT2D eigenvalue weighted by Gasteiger charge is -2.37. The third-order valence-electron chi connectivity index (χ3n) is 2.47. The predicted molar refractivity (Wildman–Crippen MR) is 80.8 cm³/mol. The SMILES string of the molecule is CC(C)OC(=S)N1CCN(C(=S)OC(C)C)CC1. The highest BCUT2D eigenvalue weighted by Crippen LogP contribution is 2.08. The molecule has 0 N–H and O–H groups in total. The minimum Gasteiger partial charge on any atom is -0.468 e. The molecule has 0 amide bonds. The van der Waals surface area contributed by atoms with Gasteiger partial charge in [-0.3, -0.25) is 0 Å². The Labute approximate surface area is 120 Å². The molecule has 1 heterocycles. The third-order valence-corrected chi connectivity index (χ3v) is 3.18. The van der Waals surface area contributed by atoms with E-state index in [0.717, 1.165) is 26.2 Å². The summed E-state index contributed by atoms with van der Waals surface area (Å²) < 4.78 is 11.0. The van der Waals surface area contributed by atoms with Crippen LogP contribution in [0, 0.1) is 0 Å². The number of thiocarbonyl (C=S) groups is 2. The van der Waals surface area contributed by atoms with Crippen LogP contribution in [0.4, 0.5) is 0 Å². The second-order valence-corrected chi connectivity index (χ2v) is 5.54. The van der Waals surface area contributed by atoms with Gasteiger partial charge in [-0.2, -0.15) is 0 Å². The van der Waals surface area contributed by atoms with Crippen LogP contribution in [0.3, 0.4) is 0 Å². The first-order valence-electron chi connectivity index (χ1n) is 6.31. The number of nitrogens with zero attached hydrogens (tertiary/aromatic N) is 2. The maximum absolute atomic E-state index is 5.52. The molecule has 0 radical (unpaired) electrons. The van der Waals surface area contributed by atoms with Crippen LogP contribution in [0.1, 0.15) is 27.7 Å². The summed E-state index contributed by atoms with van der Waals surface area (Å²) in [5, 5.41) is 1.17. The Kier molecular flexibility index (Phi) is 6.08. The molecule has 104 valence electrons. The van der Waals surface area contributed by atoms with Gasteiger partial charge in [-0.05, 0) is 52.1 Å². The molecule has 0 aromatic rings.